The molecule has 0 aliphatic heterocycles. The SMILES string of the molecule is COC(=O)c1cc(/C(N)=C/C=C\O)cc(-c2ccccn2)c1. The minimum absolute atomic E-state index is 0.380. The third-order valence-electron chi connectivity index (χ3n) is 3.01. The summed E-state index contributed by atoms with van der Waals surface area (Å²) >= 11 is 0. The summed E-state index contributed by atoms with van der Waals surface area (Å²) in [4.78, 5) is 16.1. The van der Waals surface area contributed by atoms with E-state index in [1.165, 1.54) is 13.2 Å². The molecule has 2 rings (SSSR count). The molecule has 0 spiro atoms. The summed E-state index contributed by atoms with van der Waals surface area (Å²) < 4.78 is 4.77. The Kier molecular flexibility index (Phi) is 4.93. The second-order valence-corrected chi connectivity index (χ2v) is 4.47. The number of hydrogen-bond donors (Lipinski definition) is 2. The van der Waals surface area contributed by atoms with Crippen LogP contribution in [0, 0.1) is 0 Å². The third-order valence-corrected chi connectivity index (χ3v) is 3.01. The average Bonchev–Trinajstić information content (AvgIpc) is 2.59. The summed E-state index contributed by atoms with van der Waals surface area (Å²) in [6, 6.07) is 10.7. The third kappa shape index (κ3) is 3.52. The van der Waals surface area contributed by atoms with E-state index in [0.717, 1.165) is 17.5 Å². The molecule has 0 aliphatic carbocycles. The van der Waals surface area contributed by atoms with Gasteiger partial charge in [0.1, 0.15) is 0 Å². The number of methoxy groups -OCH3 is 1. The zero-order valence-electron chi connectivity index (χ0n) is 12.1. The minimum atomic E-state index is -0.454. The van der Waals surface area contributed by atoms with Gasteiger partial charge in [0, 0.05) is 17.5 Å². The van der Waals surface area contributed by atoms with Crippen LogP contribution in [0.3, 0.4) is 0 Å². The number of nitrogens with two attached hydrogens (primary N) is 1. The Bertz CT molecular complexity index is 722. The molecule has 0 atom stereocenters. The zero-order chi connectivity index (χ0) is 15.9. The molecule has 1 aromatic heterocycles. The van der Waals surface area contributed by atoms with Crippen molar-refractivity contribution in [1.82, 2.24) is 4.98 Å². The average molecular weight is 296 g/mol. The number of ether oxygens (including phenoxy) is 1. The largest absolute Gasteiger partial charge is 0.516 e. The predicted octanol–water partition coefficient (Wildman–Crippen LogP) is 2.91. The highest BCUT2D eigenvalue weighted by molar-refractivity contribution is 5.92. The molecular weight excluding hydrogens is 280 g/mol. The monoisotopic (exact) mass is 296 g/mol. The molecule has 2 aromatic rings. The number of nitrogens with zero attached hydrogens (tertiary/aromatic N) is 1. The first-order valence-corrected chi connectivity index (χ1v) is 6.57. The van der Waals surface area contributed by atoms with Crippen molar-refractivity contribution in [2.75, 3.05) is 7.11 Å². The molecule has 5 nitrogen and oxygen atoms in total. The van der Waals surface area contributed by atoms with E-state index < -0.39 is 5.97 Å². The molecular formula is C17H16N2O3. The van der Waals surface area contributed by atoms with E-state index >= 15 is 0 Å². The van der Waals surface area contributed by atoms with Crippen LogP contribution in [-0.2, 0) is 4.74 Å². The van der Waals surface area contributed by atoms with Gasteiger partial charge in [-0.2, -0.15) is 0 Å². The molecule has 3 N–H and O–H groups in total. The summed E-state index contributed by atoms with van der Waals surface area (Å²) in [5.74, 6) is -0.454. The van der Waals surface area contributed by atoms with Crippen LogP contribution in [0.5, 0.6) is 0 Å². The van der Waals surface area contributed by atoms with Crippen molar-refractivity contribution < 1.29 is 14.6 Å². The fourth-order valence-corrected chi connectivity index (χ4v) is 1.95. The standard InChI is InChI=1S/C17H16N2O3/c1-22-17(21)14-10-12(15(18)5-4-8-20)9-13(11-14)16-6-2-3-7-19-16/h2-11,20H,18H2,1H3/b8-4-,15-5-. The molecule has 1 heterocycles. The van der Waals surface area contributed by atoms with Crippen molar-refractivity contribution in [3.63, 3.8) is 0 Å². The summed E-state index contributed by atoms with van der Waals surface area (Å²) in [5.41, 5.74) is 8.87. The Hall–Kier alpha value is -3.08. The van der Waals surface area contributed by atoms with Gasteiger partial charge in [-0.15, -0.1) is 0 Å². The lowest BCUT2D eigenvalue weighted by Gasteiger charge is -2.09. The fourth-order valence-electron chi connectivity index (χ4n) is 1.95. The molecule has 5 heteroatoms. The van der Waals surface area contributed by atoms with Crippen molar-refractivity contribution in [3.8, 4) is 11.3 Å². The minimum Gasteiger partial charge on any atom is -0.516 e. The van der Waals surface area contributed by atoms with E-state index in [1.54, 1.807) is 24.4 Å². The molecule has 0 bridgehead atoms. The van der Waals surface area contributed by atoms with Gasteiger partial charge in [-0.25, -0.2) is 4.79 Å². The maximum absolute atomic E-state index is 11.8. The quantitative estimate of drug-likeness (QED) is 0.515. The zero-order valence-corrected chi connectivity index (χ0v) is 12.1. The summed E-state index contributed by atoms with van der Waals surface area (Å²) in [5, 5.41) is 8.71. The number of rotatable bonds is 4. The van der Waals surface area contributed by atoms with E-state index in [2.05, 4.69) is 4.98 Å². The molecule has 112 valence electrons. The highest BCUT2D eigenvalue weighted by Crippen LogP contribution is 2.23. The van der Waals surface area contributed by atoms with Gasteiger partial charge < -0.3 is 15.6 Å². The van der Waals surface area contributed by atoms with Crippen molar-refractivity contribution >= 4 is 11.7 Å². The van der Waals surface area contributed by atoms with Gasteiger partial charge in [0.05, 0.1) is 24.6 Å². The number of benzene rings is 1. The first-order chi connectivity index (χ1) is 10.7. The van der Waals surface area contributed by atoms with Crippen LogP contribution < -0.4 is 5.73 Å². The fraction of sp³-hybridized carbons (Fsp3) is 0.0588. The van der Waals surface area contributed by atoms with Crippen LogP contribution >= 0.6 is 0 Å². The highest BCUT2D eigenvalue weighted by Gasteiger charge is 2.11. The number of allylic oxidation sites excluding steroid dienone is 2. The van der Waals surface area contributed by atoms with Crippen LogP contribution in [0.4, 0.5) is 0 Å². The van der Waals surface area contributed by atoms with E-state index in [9.17, 15) is 4.79 Å². The van der Waals surface area contributed by atoms with Gasteiger partial charge >= 0.3 is 5.97 Å². The lowest BCUT2D eigenvalue weighted by Crippen LogP contribution is -2.04. The molecule has 0 aliphatic rings. The van der Waals surface area contributed by atoms with E-state index in [4.69, 9.17) is 15.6 Å². The van der Waals surface area contributed by atoms with E-state index in [1.807, 2.05) is 24.3 Å². The molecule has 0 saturated heterocycles. The number of esters is 1. The maximum Gasteiger partial charge on any atom is 0.337 e. The van der Waals surface area contributed by atoms with Crippen molar-refractivity contribution in [3.05, 3.63) is 72.1 Å². The van der Waals surface area contributed by atoms with Crippen molar-refractivity contribution in [1.29, 1.82) is 0 Å². The highest BCUT2D eigenvalue weighted by atomic mass is 16.5. The first kappa shape index (κ1) is 15.3. The van der Waals surface area contributed by atoms with Crippen molar-refractivity contribution in [2.24, 2.45) is 5.73 Å². The van der Waals surface area contributed by atoms with Gasteiger partial charge in [0.15, 0.2) is 0 Å². The number of aliphatic hydroxyl groups excluding tert-OH is 1. The summed E-state index contributed by atoms with van der Waals surface area (Å²) in [6.07, 6.45) is 5.50. The van der Waals surface area contributed by atoms with Gasteiger partial charge in [0.2, 0.25) is 0 Å². The smallest absolute Gasteiger partial charge is 0.337 e. The molecule has 1 aromatic carbocycles. The van der Waals surface area contributed by atoms with Gasteiger partial charge in [-0.3, -0.25) is 4.98 Å². The number of hydrogen-bond acceptors (Lipinski definition) is 5. The van der Waals surface area contributed by atoms with E-state index in [-0.39, 0.29) is 0 Å². The molecule has 0 fully saturated rings. The van der Waals surface area contributed by atoms with Crippen LogP contribution in [0.15, 0.2) is 61.0 Å². The van der Waals surface area contributed by atoms with Gasteiger partial charge in [-0.05, 0) is 48.0 Å². The molecule has 0 unspecified atom stereocenters. The molecule has 0 amide bonds. The molecule has 0 saturated carbocycles. The maximum atomic E-state index is 11.8. The predicted molar refractivity (Wildman–Crippen MR) is 84.9 cm³/mol. The van der Waals surface area contributed by atoms with Crippen molar-refractivity contribution in [2.45, 2.75) is 0 Å². The summed E-state index contributed by atoms with van der Waals surface area (Å²) in [7, 11) is 1.32. The van der Waals surface area contributed by atoms with E-state index in [0.29, 0.717) is 16.8 Å². The van der Waals surface area contributed by atoms with Gasteiger partial charge in [0.25, 0.3) is 0 Å². The lowest BCUT2D eigenvalue weighted by molar-refractivity contribution is 0.0600. The molecule has 22 heavy (non-hydrogen) atoms. The Labute approximate surface area is 128 Å². The number of pyridine rings is 1. The molecule has 0 radical (unpaired) electrons. The van der Waals surface area contributed by atoms with Gasteiger partial charge in [-0.1, -0.05) is 6.07 Å². The van der Waals surface area contributed by atoms with Crippen LogP contribution in [0.1, 0.15) is 15.9 Å². The summed E-state index contributed by atoms with van der Waals surface area (Å²) in [6.45, 7) is 0. The van der Waals surface area contributed by atoms with Crippen LogP contribution in [0.25, 0.3) is 17.0 Å². The van der Waals surface area contributed by atoms with Crippen LogP contribution in [0.2, 0.25) is 0 Å². The van der Waals surface area contributed by atoms with Crippen LogP contribution in [-0.4, -0.2) is 23.2 Å². The Balaban J connectivity index is 2.57. The topological polar surface area (TPSA) is 85.4 Å². The second-order valence-electron chi connectivity index (χ2n) is 4.47. The Morgan fingerprint density at radius 2 is 2.05 bits per heavy atom. The second kappa shape index (κ2) is 7.08. The first-order valence-electron chi connectivity index (χ1n) is 6.57. The number of aliphatic hydroxyl groups is 1. The normalized spacial score (nSPS) is 11.6. The lowest BCUT2D eigenvalue weighted by atomic mass is 10.0. The number of carbonyl (C=O) groups is 1. The number of carbonyl (C=O) groups excluding carboxylic acids is 1. The Morgan fingerprint density at radius 1 is 1.27 bits per heavy atom. The number of aromatic nitrogens is 1. The Morgan fingerprint density at radius 3 is 2.68 bits per heavy atom.